The third-order valence-electron chi connectivity index (χ3n) is 4.13. The van der Waals surface area contributed by atoms with E-state index < -0.39 is 0 Å². The molecule has 0 aliphatic heterocycles. The molecule has 0 atom stereocenters. The van der Waals surface area contributed by atoms with E-state index in [-0.39, 0.29) is 24.3 Å². The van der Waals surface area contributed by atoms with Crippen LogP contribution in [-0.2, 0) is 4.79 Å². The average molecular weight is 409 g/mol. The zero-order valence-electron chi connectivity index (χ0n) is 17.3. The Kier molecular flexibility index (Phi) is 8.62. The number of benzene rings is 2. The molecule has 30 heavy (non-hydrogen) atoms. The van der Waals surface area contributed by atoms with Gasteiger partial charge in [0.2, 0.25) is 5.91 Å². The van der Waals surface area contributed by atoms with Crippen LogP contribution in [0.1, 0.15) is 34.6 Å². The van der Waals surface area contributed by atoms with Crippen molar-refractivity contribution in [1.82, 2.24) is 10.6 Å². The Bertz CT molecular complexity index is 909. The summed E-state index contributed by atoms with van der Waals surface area (Å²) >= 11 is 0. The molecule has 0 fully saturated rings. The molecule has 2 aromatic carbocycles. The van der Waals surface area contributed by atoms with Crippen molar-refractivity contribution in [3.05, 3.63) is 72.3 Å². The van der Waals surface area contributed by atoms with Crippen molar-refractivity contribution >= 4 is 29.1 Å². The summed E-state index contributed by atoms with van der Waals surface area (Å²) in [6.07, 6.45) is 1.59. The first kappa shape index (κ1) is 22.7. The van der Waals surface area contributed by atoms with Crippen LogP contribution in [0.4, 0.5) is 11.4 Å². The van der Waals surface area contributed by atoms with Gasteiger partial charge in [-0.25, -0.2) is 0 Å². The molecule has 0 heterocycles. The van der Waals surface area contributed by atoms with Gasteiger partial charge in [0.15, 0.2) is 0 Å². The molecule has 2 aromatic rings. The monoisotopic (exact) mass is 408 g/mol. The second-order valence-electron chi connectivity index (χ2n) is 7.10. The van der Waals surface area contributed by atoms with Crippen LogP contribution in [-0.4, -0.2) is 37.4 Å². The highest BCUT2D eigenvalue weighted by Crippen LogP contribution is 2.17. The van der Waals surface area contributed by atoms with E-state index in [4.69, 9.17) is 0 Å². The van der Waals surface area contributed by atoms with E-state index in [1.54, 1.807) is 54.6 Å². The minimum atomic E-state index is -0.333. The van der Waals surface area contributed by atoms with E-state index in [1.165, 1.54) is 0 Å². The quantitative estimate of drug-likeness (QED) is 0.454. The third-order valence-corrected chi connectivity index (χ3v) is 4.13. The summed E-state index contributed by atoms with van der Waals surface area (Å²) in [6.45, 7) is 8.43. The van der Waals surface area contributed by atoms with Crippen molar-refractivity contribution < 1.29 is 14.4 Å². The highest BCUT2D eigenvalue weighted by atomic mass is 16.2. The summed E-state index contributed by atoms with van der Waals surface area (Å²) in [5.41, 5.74) is 1.80. The number of anilines is 2. The first-order valence-corrected chi connectivity index (χ1v) is 9.81. The van der Waals surface area contributed by atoms with E-state index in [0.29, 0.717) is 41.5 Å². The zero-order valence-corrected chi connectivity index (χ0v) is 17.3. The number of carbonyl (C=O) groups excluding carboxylic acids is 3. The van der Waals surface area contributed by atoms with Crippen LogP contribution in [0.25, 0.3) is 0 Å². The lowest BCUT2D eigenvalue weighted by molar-refractivity contribution is -0.114. The van der Waals surface area contributed by atoms with Crippen molar-refractivity contribution in [3.8, 4) is 0 Å². The maximum Gasteiger partial charge on any atom is 0.253 e. The highest BCUT2D eigenvalue weighted by molar-refractivity contribution is 6.05. The fourth-order valence-corrected chi connectivity index (χ4v) is 2.65. The molecule has 0 saturated carbocycles. The molecule has 0 radical (unpaired) electrons. The standard InChI is InChI=1S/C23H28N4O3/c1-4-13-24-22(29)17-9-5-7-11-19(17)25-15-21(28)27-20-12-8-6-10-18(20)23(30)26-14-16(2)3/h4-12,16,25H,1,13-15H2,2-3H3,(H,24,29)(H,26,30)(H,27,28). The molecular formula is C23H28N4O3. The van der Waals surface area contributed by atoms with Crippen molar-refractivity contribution in [2.75, 3.05) is 30.3 Å². The second kappa shape index (κ2) is 11.4. The van der Waals surface area contributed by atoms with E-state index in [0.717, 1.165) is 0 Å². The highest BCUT2D eigenvalue weighted by Gasteiger charge is 2.14. The van der Waals surface area contributed by atoms with Crippen LogP contribution in [0.15, 0.2) is 61.2 Å². The smallest absolute Gasteiger partial charge is 0.253 e. The van der Waals surface area contributed by atoms with Crippen LogP contribution in [0, 0.1) is 5.92 Å². The van der Waals surface area contributed by atoms with Gasteiger partial charge in [0.05, 0.1) is 23.4 Å². The summed E-state index contributed by atoms with van der Waals surface area (Å²) < 4.78 is 0. The Morgan fingerprint density at radius 2 is 1.47 bits per heavy atom. The Balaban J connectivity index is 2.02. The molecule has 3 amide bonds. The minimum absolute atomic E-state index is 0.0618. The van der Waals surface area contributed by atoms with E-state index >= 15 is 0 Å². The fraction of sp³-hybridized carbons (Fsp3) is 0.261. The lowest BCUT2D eigenvalue weighted by atomic mass is 10.1. The molecule has 7 nitrogen and oxygen atoms in total. The zero-order chi connectivity index (χ0) is 21.9. The van der Waals surface area contributed by atoms with Gasteiger partial charge in [0, 0.05) is 18.8 Å². The molecule has 2 rings (SSSR count). The Labute approximate surface area is 176 Å². The largest absolute Gasteiger partial charge is 0.376 e. The van der Waals surface area contributed by atoms with Crippen molar-refractivity contribution in [1.29, 1.82) is 0 Å². The van der Waals surface area contributed by atoms with Crippen molar-refractivity contribution in [2.45, 2.75) is 13.8 Å². The van der Waals surface area contributed by atoms with E-state index in [1.807, 2.05) is 13.8 Å². The molecule has 0 aliphatic rings. The molecule has 0 aromatic heterocycles. The van der Waals surface area contributed by atoms with Crippen LogP contribution in [0.5, 0.6) is 0 Å². The second-order valence-corrected chi connectivity index (χ2v) is 7.10. The van der Waals surface area contributed by atoms with Gasteiger partial charge in [-0.2, -0.15) is 0 Å². The Morgan fingerprint density at radius 1 is 0.900 bits per heavy atom. The molecule has 0 bridgehead atoms. The normalized spacial score (nSPS) is 10.2. The maximum atomic E-state index is 12.5. The number of hydrogen-bond acceptors (Lipinski definition) is 4. The van der Waals surface area contributed by atoms with Crippen LogP contribution in [0.2, 0.25) is 0 Å². The number of carbonyl (C=O) groups is 3. The van der Waals surface area contributed by atoms with E-state index in [9.17, 15) is 14.4 Å². The number of nitrogens with one attached hydrogen (secondary N) is 4. The number of para-hydroxylation sites is 2. The van der Waals surface area contributed by atoms with Gasteiger partial charge in [0.25, 0.3) is 11.8 Å². The summed E-state index contributed by atoms with van der Waals surface area (Å²) in [5, 5.41) is 11.3. The molecule has 0 unspecified atom stereocenters. The van der Waals surface area contributed by atoms with Crippen LogP contribution >= 0.6 is 0 Å². The summed E-state index contributed by atoms with van der Waals surface area (Å²) in [4.78, 5) is 37.1. The van der Waals surface area contributed by atoms with E-state index in [2.05, 4.69) is 27.8 Å². The average Bonchev–Trinajstić information content (AvgIpc) is 2.75. The van der Waals surface area contributed by atoms with Gasteiger partial charge in [-0.05, 0) is 30.2 Å². The van der Waals surface area contributed by atoms with Gasteiger partial charge in [-0.1, -0.05) is 44.2 Å². The maximum absolute atomic E-state index is 12.5. The topological polar surface area (TPSA) is 99.3 Å². The molecule has 158 valence electrons. The molecule has 7 heteroatoms. The van der Waals surface area contributed by atoms with Gasteiger partial charge in [-0.15, -0.1) is 6.58 Å². The van der Waals surface area contributed by atoms with Gasteiger partial charge < -0.3 is 21.3 Å². The summed E-state index contributed by atoms with van der Waals surface area (Å²) in [5.74, 6) is -0.508. The minimum Gasteiger partial charge on any atom is -0.376 e. The fourth-order valence-electron chi connectivity index (χ4n) is 2.65. The predicted octanol–water partition coefficient (Wildman–Crippen LogP) is 3.04. The van der Waals surface area contributed by atoms with Crippen LogP contribution < -0.4 is 21.3 Å². The van der Waals surface area contributed by atoms with Crippen LogP contribution in [0.3, 0.4) is 0 Å². The lowest BCUT2D eigenvalue weighted by Gasteiger charge is -2.14. The lowest BCUT2D eigenvalue weighted by Crippen LogP contribution is -2.29. The molecule has 4 N–H and O–H groups in total. The third kappa shape index (κ3) is 6.77. The Hall–Kier alpha value is -3.61. The SMILES string of the molecule is C=CCNC(=O)c1ccccc1NCC(=O)Nc1ccccc1C(=O)NCC(C)C. The van der Waals surface area contributed by atoms with Crippen molar-refractivity contribution in [3.63, 3.8) is 0 Å². The van der Waals surface area contributed by atoms with Crippen molar-refractivity contribution in [2.24, 2.45) is 5.92 Å². The number of hydrogen-bond donors (Lipinski definition) is 4. The molecule has 0 spiro atoms. The number of amides is 3. The van der Waals surface area contributed by atoms with Gasteiger partial charge in [0.1, 0.15) is 0 Å². The molecule has 0 aliphatic carbocycles. The predicted molar refractivity (Wildman–Crippen MR) is 120 cm³/mol. The van der Waals surface area contributed by atoms with Gasteiger partial charge >= 0.3 is 0 Å². The number of rotatable bonds is 10. The Morgan fingerprint density at radius 3 is 2.10 bits per heavy atom. The summed E-state index contributed by atoms with van der Waals surface area (Å²) in [7, 11) is 0. The summed E-state index contributed by atoms with van der Waals surface area (Å²) in [6, 6.07) is 13.8. The van der Waals surface area contributed by atoms with Gasteiger partial charge in [-0.3, -0.25) is 14.4 Å². The molecule has 0 saturated heterocycles. The first-order valence-electron chi connectivity index (χ1n) is 9.81. The first-order chi connectivity index (χ1) is 14.4. The molecular weight excluding hydrogens is 380 g/mol.